The Morgan fingerprint density at radius 1 is 1.24 bits per heavy atom. The summed E-state index contributed by atoms with van der Waals surface area (Å²) < 4.78 is 14.4. The van der Waals surface area contributed by atoms with Gasteiger partial charge in [-0.3, -0.25) is 0 Å². The van der Waals surface area contributed by atoms with Gasteiger partial charge in [0.15, 0.2) is 11.6 Å². The highest BCUT2D eigenvalue weighted by molar-refractivity contribution is 7.16. The van der Waals surface area contributed by atoms with E-state index in [2.05, 4.69) is 49.5 Å². The Morgan fingerprint density at radius 3 is 3.06 bits per heavy atom. The number of aromatic amines is 1. The van der Waals surface area contributed by atoms with Gasteiger partial charge in [0.2, 0.25) is 0 Å². The van der Waals surface area contributed by atoms with Crippen molar-refractivity contribution in [3.8, 4) is 22.9 Å². The number of ether oxygens (including phenoxy) is 2. The Labute approximate surface area is 200 Å². The largest absolute Gasteiger partial charge is 0.383 e. The number of morpholine rings is 1. The Bertz CT molecular complexity index is 1460. The fourth-order valence-corrected chi connectivity index (χ4v) is 5.15. The van der Waals surface area contributed by atoms with Gasteiger partial charge in [0.25, 0.3) is 0 Å². The highest BCUT2D eigenvalue weighted by atomic mass is 32.1. The molecule has 0 bridgehead atoms. The molecule has 5 heterocycles. The van der Waals surface area contributed by atoms with Crippen LogP contribution in [0.3, 0.4) is 0 Å². The lowest BCUT2D eigenvalue weighted by atomic mass is 10.2. The summed E-state index contributed by atoms with van der Waals surface area (Å²) in [5, 5.41) is 0. The van der Waals surface area contributed by atoms with Gasteiger partial charge in [0.1, 0.15) is 17.0 Å². The van der Waals surface area contributed by atoms with Gasteiger partial charge in [-0.25, -0.2) is 19.9 Å². The van der Waals surface area contributed by atoms with Crippen LogP contribution in [-0.2, 0) is 16.0 Å². The monoisotopic (exact) mass is 475 g/mol. The van der Waals surface area contributed by atoms with Crippen molar-refractivity contribution in [3.05, 3.63) is 42.2 Å². The van der Waals surface area contributed by atoms with Gasteiger partial charge in [-0.05, 0) is 31.2 Å². The average molecular weight is 476 g/mol. The molecule has 0 radical (unpaired) electrons. The fourth-order valence-electron chi connectivity index (χ4n) is 4.49. The van der Waals surface area contributed by atoms with Crippen LogP contribution in [0.1, 0.15) is 6.92 Å². The van der Waals surface area contributed by atoms with E-state index in [4.69, 9.17) is 19.4 Å². The first-order chi connectivity index (χ1) is 16.7. The molecule has 5 aromatic rings. The minimum Gasteiger partial charge on any atom is -0.383 e. The van der Waals surface area contributed by atoms with Crippen LogP contribution in [-0.4, -0.2) is 69.0 Å². The van der Waals surface area contributed by atoms with Crippen LogP contribution in [0.2, 0.25) is 0 Å². The molecular weight excluding hydrogens is 450 g/mol. The molecule has 1 aliphatic heterocycles. The van der Waals surface area contributed by atoms with Crippen molar-refractivity contribution in [1.82, 2.24) is 29.5 Å². The van der Waals surface area contributed by atoms with Gasteiger partial charge in [0.05, 0.1) is 53.3 Å². The van der Waals surface area contributed by atoms with Crippen LogP contribution >= 0.6 is 11.3 Å². The minimum absolute atomic E-state index is 0.235. The molecule has 0 amide bonds. The van der Waals surface area contributed by atoms with Crippen molar-refractivity contribution in [2.45, 2.75) is 19.5 Å². The summed E-state index contributed by atoms with van der Waals surface area (Å²) in [6.07, 6.45) is 3.70. The third kappa shape index (κ3) is 3.64. The molecule has 174 valence electrons. The van der Waals surface area contributed by atoms with Crippen LogP contribution in [0.25, 0.3) is 44.2 Å². The van der Waals surface area contributed by atoms with Crippen molar-refractivity contribution < 1.29 is 9.47 Å². The first-order valence-electron chi connectivity index (χ1n) is 11.3. The molecule has 9 nitrogen and oxygen atoms in total. The predicted octanol–water partition coefficient (Wildman–Crippen LogP) is 3.97. The van der Waals surface area contributed by atoms with Crippen molar-refractivity contribution in [1.29, 1.82) is 0 Å². The third-order valence-corrected chi connectivity index (χ3v) is 7.04. The molecule has 0 saturated carbocycles. The molecule has 0 unspecified atom stereocenters. The molecule has 1 atom stereocenters. The Morgan fingerprint density at radius 2 is 2.18 bits per heavy atom. The maximum Gasteiger partial charge on any atom is 0.159 e. The number of aromatic nitrogens is 6. The van der Waals surface area contributed by atoms with Crippen molar-refractivity contribution in [3.63, 3.8) is 0 Å². The number of methoxy groups -OCH3 is 1. The van der Waals surface area contributed by atoms with Gasteiger partial charge < -0.3 is 23.9 Å². The first kappa shape index (κ1) is 21.2. The Hall–Kier alpha value is -3.34. The normalized spacial score (nSPS) is 16.6. The van der Waals surface area contributed by atoms with E-state index in [0.29, 0.717) is 26.4 Å². The summed E-state index contributed by atoms with van der Waals surface area (Å²) in [7, 11) is 1.71. The van der Waals surface area contributed by atoms with Crippen molar-refractivity contribution in [2.75, 3.05) is 38.4 Å². The number of hydrogen-bond donors (Lipinski definition) is 1. The standard InChI is InChI=1S/C24H25N7O2S/c1-15-13-33-10-8-30(15)24-21-19(5-6-25-24)31(7-9-32-2)23(29-21)18-12-26-22(28-18)16-3-4-20-17(11-16)27-14-34-20/h3-6,11-12,14-15H,7-10,13H2,1-2H3,(H,26,28)/t15-/m0/s1. The zero-order valence-electron chi connectivity index (χ0n) is 19.1. The lowest BCUT2D eigenvalue weighted by Gasteiger charge is -2.34. The van der Waals surface area contributed by atoms with Crippen molar-refractivity contribution >= 4 is 38.4 Å². The van der Waals surface area contributed by atoms with E-state index in [9.17, 15) is 0 Å². The van der Waals surface area contributed by atoms with E-state index in [1.165, 1.54) is 0 Å². The summed E-state index contributed by atoms with van der Waals surface area (Å²) in [5.41, 5.74) is 6.58. The molecule has 1 aromatic carbocycles. The molecule has 1 fully saturated rings. The number of imidazole rings is 2. The molecule has 0 spiro atoms. The third-order valence-electron chi connectivity index (χ3n) is 6.23. The molecule has 1 aliphatic rings. The molecule has 10 heteroatoms. The lowest BCUT2D eigenvalue weighted by molar-refractivity contribution is 0.0987. The van der Waals surface area contributed by atoms with E-state index in [1.54, 1.807) is 18.4 Å². The number of thiazole rings is 1. The van der Waals surface area contributed by atoms with E-state index in [-0.39, 0.29) is 6.04 Å². The maximum atomic E-state index is 5.63. The number of anilines is 1. The zero-order chi connectivity index (χ0) is 23.1. The van der Waals surface area contributed by atoms with Gasteiger partial charge >= 0.3 is 0 Å². The number of H-pyrrole nitrogens is 1. The predicted molar refractivity (Wildman–Crippen MR) is 133 cm³/mol. The number of nitrogens with one attached hydrogen (secondary N) is 1. The summed E-state index contributed by atoms with van der Waals surface area (Å²) in [6.45, 7) is 5.56. The SMILES string of the molecule is COCCn1c(-c2cnc(-c3ccc4scnc4c3)[nH]2)nc2c(N3CCOC[C@@H]3C)nccc21. The molecule has 1 saturated heterocycles. The second-order valence-electron chi connectivity index (χ2n) is 8.38. The molecule has 0 aliphatic carbocycles. The number of nitrogens with zero attached hydrogens (tertiary/aromatic N) is 6. The van der Waals surface area contributed by atoms with Crippen LogP contribution in [0, 0.1) is 0 Å². The van der Waals surface area contributed by atoms with Gasteiger partial charge in [0, 0.05) is 32.0 Å². The van der Waals surface area contributed by atoms with Crippen LogP contribution < -0.4 is 4.90 Å². The number of benzene rings is 1. The maximum absolute atomic E-state index is 5.63. The molecular formula is C24H25N7O2S. The van der Waals surface area contributed by atoms with Crippen molar-refractivity contribution in [2.24, 2.45) is 0 Å². The van der Waals surface area contributed by atoms with Crippen LogP contribution in [0.4, 0.5) is 5.82 Å². The van der Waals surface area contributed by atoms with Gasteiger partial charge in [-0.1, -0.05) is 0 Å². The first-order valence-corrected chi connectivity index (χ1v) is 12.2. The zero-order valence-corrected chi connectivity index (χ0v) is 19.9. The summed E-state index contributed by atoms with van der Waals surface area (Å²) in [4.78, 5) is 24.6. The van der Waals surface area contributed by atoms with E-state index < -0.39 is 0 Å². The summed E-state index contributed by atoms with van der Waals surface area (Å²) in [5.74, 6) is 2.49. The average Bonchev–Trinajstić information content (AvgIpc) is 3.60. The van der Waals surface area contributed by atoms with Gasteiger partial charge in [-0.15, -0.1) is 11.3 Å². The van der Waals surface area contributed by atoms with Crippen LogP contribution in [0.15, 0.2) is 42.2 Å². The molecule has 6 rings (SSSR count). The second kappa shape index (κ2) is 8.79. The number of rotatable bonds is 6. The Balaban J connectivity index is 1.45. The summed E-state index contributed by atoms with van der Waals surface area (Å²) in [6, 6.07) is 8.46. The van der Waals surface area contributed by atoms with E-state index >= 15 is 0 Å². The molecule has 4 aromatic heterocycles. The number of hydrogen-bond acceptors (Lipinski definition) is 8. The van der Waals surface area contributed by atoms with Crippen LogP contribution in [0.5, 0.6) is 0 Å². The van der Waals surface area contributed by atoms with Gasteiger partial charge in [-0.2, -0.15) is 0 Å². The summed E-state index contributed by atoms with van der Waals surface area (Å²) >= 11 is 1.63. The fraction of sp³-hybridized carbons (Fsp3) is 0.333. The molecule has 34 heavy (non-hydrogen) atoms. The highest BCUT2D eigenvalue weighted by Gasteiger charge is 2.25. The topological polar surface area (TPSA) is 94.0 Å². The quantitative estimate of drug-likeness (QED) is 0.397. The lowest BCUT2D eigenvalue weighted by Crippen LogP contribution is -2.44. The number of fused-ring (bicyclic) bond motifs is 2. The smallest absolute Gasteiger partial charge is 0.159 e. The number of pyridine rings is 1. The second-order valence-corrected chi connectivity index (χ2v) is 9.27. The highest BCUT2D eigenvalue weighted by Crippen LogP contribution is 2.32. The minimum atomic E-state index is 0.235. The van der Waals surface area contributed by atoms with E-state index in [0.717, 1.165) is 56.5 Å². The van der Waals surface area contributed by atoms with E-state index in [1.807, 2.05) is 24.0 Å². The Kier molecular flexibility index (Phi) is 5.48. The molecule has 1 N–H and O–H groups in total.